The first kappa shape index (κ1) is 15.6. The molecule has 0 spiro atoms. The maximum atomic E-state index is 12.8. The first-order chi connectivity index (χ1) is 10.9. The third-order valence-corrected chi connectivity index (χ3v) is 4.37. The molecule has 1 fully saturated rings. The number of halogens is 1. The fourth-order valence-electron chi connectivity index (χ4n) is 2.81. The molecule has 118 valence electrons. The summed E-state index contributed by atoms with van der Waals surface area (Å²) >= 11 is 5.90. The normalized spacial score (nSPS) is 20.7. The first-order valence-electron chi connectivity index (χ1n) is 7.36. The lowest BCUT2D eigenvalue weighted by Gasteiger charge is -2.22. The Bertz CT molecular complexity index is 773. The van der Waals surface area contributed by atoms with E-state index in [9.17, 15) is 9.59 Å². The van der Waals surface area contributed by atoms with Crippen LogP contribution in [0.1, 0.15) is 23.6 Å². The number of aryl methyl sites for hydroxylation is 1. The summed E-state index contributed by atoms with van der Waals surface area (Å²) in [5.41, 5.74) is 1.67. The molecule has 3 amide bonds. The van der Waals surface area contributed by atoms with Crippen molar-refractivity contribution in [3.63, 3.8) is 0 Å². The van der Waals surface area contributed by atoms with E-state index in [0.29, 0.717) is 10.6 Å². The number of carbonyl (C=O) groups is 2. The van der Waals surface area contributed by atoms with Crippen molar-refractivity contribution in [3.8, 4) is 0 Å². The summed E-state index contributed by atoms with van der Waals surface area (Å²) in [6.45, 7) is 3.95. The summed E-state index contributed by atoms with van der Waals surface area (Å²) in [7, 11) is 0. The molecule has 0 aromatic heterocycles. The van der Waals surface area contributed by atoms with E-state index in [1.165, 1.54) is 4.90 Å². The number of carbonyl (C=O) groups excluding carboxylic acids is 2. The highest BCUT2D eigenvalue weighted by molar-refractivity contribution is 6.30. The fraction of sp³-hybridized carbons (Fsp3) is 0.222. The molecule has 2 aromatic rings. The molecule has 1 heterocycles. The van der Waals surface area contributed by atoms with Gasteiger partial charge in [0.05, 0.1) is 6.54 Å². The SMILES string of the molecule is Cc1cccc(CN2C(=O)NC(C)(c3ccc(Cl)cc3)C2=O)c1. The Hall–Kier alpha value is -2.33. The van der Waals surface area contributed by atoms with Crippen LogP contribution in [-0.2, 0) is 16.9 Å². The van der Waals surface area contributed by atoms with Gasteiger partial charge in [-0.15, -0.1) is 0 Å². The van der Waals surface area contributed by atoms with Crippen molar-refractivity contribution in [2.24, 2.45) is 0 Å². The summed E-state index contributed by atoms with van der Waals surface area (Å²) < 4.78 is 0. The molecule has 3 rings (SSSR count). The molecule has 1 unspecified atom stereocenters. The third-order valence-electron chi connectivity index (χ3n) is 4.12. The number of nitrogens with zero attached hydrogens (tertiary/aromatic N) is 1. The van der Waals surface area contributed by atoms with E-state index in [4.69, 9.17) is 11.6 Å². The van der Waals surface area contributed by atoms with Crippen LogP contribution in [0.4, 0.5) is 4.79 Å². The minimum Gasteiger partial charge on any atom is -0.319 e. The fourth-order valence-corrected chi connectivity index (χ4v) is 2.94. The topological polar surface area (TPSA) is 49.4 Å². The van der Waals surface area contributed by atoms with Crippen LogP contribution in [0.15, 0.2) is 48.5 Å². The molecule has 2 aromatic carbocycles. The van der Waals surface area contributed by atoms with E-state index in [1.54, 1.807) is 31.2 Å². The highest BCUT2D eigenvalue weighted by Gasteiger charge is 2.48. The average molecular weight is 329 g/mol. The predicted molar refractivity (Wildman–Crippen MR) is 89.1 cm³/mol. The van der Waals surface area contributed by atoms with Gasteiger partial charge in [-0.25, -0.2) is 4.79 Å². The highest BCUT2D eigenvalue weighted by Crippen LogP contribution is 2.30. The Morgan fingerprint density at radius 3 is 2.48 bits per heavy atom. The molecule has 1 aliphatic rings. The molecule has 4 nitrogen and oxygen atoms in total. The van der Waals surface area contributed by atoms with Gasteiger partial charge in [0.2, 0.25) is 0 Å². The van der Waals surface area contributed by atoms with Gasteiger partial charge in [-0.2, -0.15) is 0 Å². The highest BCUT2D eigenvalue weighted by atomic mass is 35.5. The second-order valence-electron chi connectivity index (χ2n) is 5.94. The predicted octanol–water partition coefficient (Wildman–Crippen LogP) is 3.62. The van der Waals surface area contributed by atoms with E-state index >= 15 is 0 Å². The molecule has 0 saturated carbocycles. The monoisotopic (exact) mass is 328 g/mol. The van der Waals surface area contributed by atoms with Crippen LogP contribution in [0.2, 0.25) is 5.02 Å². The Labute approximate surface area is 140 Å². The zero-order valence-electron chi connectivity index (χ0n) is 13.0. The van der Waals surface area contributed by atoms with Crippen LogP contribution in [-0.4, -0.2) is 16.8 Å². The lowest BCUT2D eigenvalue weighted by Crippen LogP contribution is -2.40. The lowest BCUT2D eigenvalue weighted by molar-refractivity contribution is -0.131. The lowest BCUT2D eigenvalue weighted by atomic mass is 9.92. The number of urea groups is 1. The zero-order chi connectivity index (χ0) is 16.6. The van der Waals surface area contributed by atoms with E-state index in [-0.39, 0.29) is 18.5 Å². The second-order valence-corrected chi connectivity index (χ2v) is 6.38. The Balaban J connectivity index is 1.89. The number of hydrogen-bond donors (Lipinski definition) is 1. The summed E-state index contributed by atoms with van der Waals surface area (Å²) in [5.74, 6) is -0.258. The molecule has 23 heavy (non-hydrogen) atoms. The van der Waals surface area contributed by atoms with Gasteiger partial charge in [0.15, 0.2) is 0 Å². The van der Waals surface area contributed by atoms with E-state index < -0.39 is 5.54 Å². The van der Waals surface area contributed by atoms with Gasteiger partial charge >= 0.3 is 6.03 Å². The van der Waals surface area contributed by atoms with Crippen LogP contribution in [0, 0.1) is 6.92 Å². The number of benzene rings is 2. The van der Waals surface area contributed by atoms with E-state index in [1.807, 2.05) is 31.2 Å². The van der Waals surface area contributed by atoms with Crippen molar-refractivity contribution in [3.05, 3.63) is 70.2 Å². The summed E-state index contributed by atoms with van der Waals surface area (Å²) in [6, 6.07) is 14.3. The van der Waals surface area contributed by atoms with E-state index in [2.05, 4.69) is 5.32 Å². The Kier molecular flexibility index (Phi) is 3.86. The number of amides is 3. The molecule has 0 bridgehead atoms. The average Bonchev–Trinajstić information content (AvgIpc) is 2.72. The van der Waals surface area contributed by atoms with Crippen molar-refractivity contribution in [2.75, 3.05) is 0 Å². The van der Waals surface area contributed by atoms with Gasteiger partial charge in [0, 0.05) is 5.02 Å². The van der Waals surface area contributed by atoms with Crippen molar-refractivity contribution in [1.29, 1.82) is 0 Å². The number of nitrogens with one attached hydrogen (secondary N) is 1. The quantitative estimate of drug-likeness (QED) is 0.875. The van der Waals surface area contributed by atoms with Gasteiger partial charge in [-0.3, -0.25) is 9.69 Å². The second kappa shape index (κ2) is 5.70. The zero-order valence-corrected chi connectivity index (χ0v) is 13.7. The molecule has 1 atom stereocenters. The third kappa shape index (κ3) is 2.82. The smallest absolute Gasteiger partial charge is 0.319 e. The minimum atomic E-state index is -1.06. The molecule has 1 saturated heterocycles. The molecule has 1 aliphatic heterocycles. The molecular formula is C18H17ClN2O2. The summed E-state index contributed by atoms with van der Waals surface area (Å²) in [4.78, 5) is 26.4. The van der Waals surface area contributed by atoms with Gasteiger partial charge < -0.3 is 5.32 Å². The van der Waals surface area contributed by atoms with Crippen molar-refractivity contribution in [2.45, 2.75) is 25.9 Å². The van der Waals surface area contributed by atoms with Gasteiger partial charge in [0.25, 0.3) is 5.91 Å². The van der Waals surface area contributed by atoms with Crippen LogP contribution in [0.25, 0.3) is 0 Å². The molecule has 1 N–H and O–H groups in total. The summed E-state index contributed by atoms with van der Waals surface area (Å²) in [6.07, 6.45) is 0. The number of hydrogen-bond acceptors (Lipinski definition) is 2. The van der Waals surface area contributed by atoms with Gasteiger partial charge in [-0.05, 0) is 37.1 Å². The van der Waals surface area contributed by atoms with Crippen LogP contribution >= 0.6 is 11.6 Å². The van der Waals surface area contributed by atoms with Crippen LogP contribution < -0.4 is 5.32 Å². The maximum Gasteiger partial charge on any atom is 0.325 e. The Morgan fingerprint density at radius 1 is 1.13 bits per heavy atom. The van der Waals surface area contributed by atoms with Gasteiger partial charge in [-0.1, -0.05) is 53.6 Å². The number of rotatable bonds is 3. The largest absolute Gasteiger partial charge is 0.325 e. The van der Waals surface area contributed by atoms with Crippen LogP contribution in [0.3, 0.4) is 0 Å². The van der Waals surface area contributed by atoms with Crippen molar-refractivity contribution >= 4 is 23.5 Å². The molecule has 5 heteroatoms. The number of imide groups is 1. The summed E-state index contributed by atoms with van der Waals surface area (Å²) in [5, 5.41) is 3.38. The molecule has 0 radical (unpaired) electrons. The van der Waals surface area contributed by atoms with Crippen molar-refractivity contribution in [1.82, 2.24) is 10.2 Å². The molecule has 0 aliphatic carbocycles. The van der Waals surface area contributed by atoms with Crippen LogP contribution in [0.5, 0.6) is 0 Å². The minimum absolute atomic E-state index is 0.258. The molecular weight excluding hydrogens is 312 g/mol. The Morgan fingerprint density at radius 2 is 1.83 bits per heavy atom. The standard InChI is InChI=1S/C18H17ClN2O2/c1-12-4-3-5-13(10-12)11-21-16(22)18(2,20-17(21)23)14-6-8-15(19)9-7-14/h3-10H,11H2,1-2H3,(H,20,23). The first-order valence-corrected chi connectivity index (χ1v) is 7.73. The van der Waals surface area contributed by atoms with Crippen molar-refractivity contribution < 1.29 is 9.59 Å². The van der Waals surface area contributed by atoms with E-state index in [0.717, 1.165) is 11.1 Å². The van der Waals surface area contributed by atoms with Gasteiger partial charge in [0.1, 0.15) is 5.54 Å². The maximum absolute atomic E-state index is 12.8.